The molecule has 1 heterocycles. The second kappa shape index (κ2) is 5.69. The number of ether oxygens (including phenoxy) is 1. The molecule has 0 spiro atoms. The van der Waals surface area contributed by atoms with Crippen LogP contribution < -0.4 is 15.8 Å². The third-order valence-corrected chi connectivity index (χ3v) is 2.56. The smallest absolute Gasteiger partial charge is 0.123 e. The van der Waals surface area contributed by atoms with Crippen molar-refractivity contribution < 1.29 is 9.15 Å². The first-order chi connectivity index (χ1) is 9.02. The van der Waals surface area contributed by atoms with Crippen molar-refractivity contribution in [1.29, 1.82) is 0 Å². The molecule has 3 N–H and O–H groups in total. The van der Waals surface area contributed by atoms with Gasteiger partial charge in [-0.3, -0.25) is 0 Å². The molecule has 1 aromatic carbocycles. The van der Waals surface area contributed by atoms with Crippen molar-refractivity contribution >= 4 is 11.4 Å². The van der Waals surface area contributed by atoms with E-state index in [2.05, 4.69) is 5.32 Å². The second-order valence-corrected chi connectivity index (χ2v) is 4.82. The zero-order valence-electron chi connectivity index (χ0n) is 11.6. The molecular formula is C15H20N2O2. The van der Waals surface area contributed by atoms with E-state index in [4.69, 9.17) is 14.9 Å². The highest BCUT2D eigenvalue weighted by Crippen LogP contribution is 2.24. The monoisotopic (exact) mass is 260 g/mol. The molecule has 2 aromatic rings. The largest absolute Gasteiger partial charge is 0.491 e. The van der Waals surface area contributed by atoms with Crippen molar-refractivity contribution in [1.82, 2.24) is 0 Å². The number of nitrogens with two attached hydrogens (primary N) is 1. The van der Waals surface area contributed by atoms with Crippen LogP contribution in [0.1, 0.15) is 25.4 Å². The van der Waals surface area contributed by atoms with Crippen molar-refractivity contribution in [2.24, 2.45) is 0 Å². The molecule has 4 heteroatoms. The molecule has 0 aliphatic heterocycles. The highest BCUT2D eigenvalue weighted by atomic mass is 16.5. The van der Waals surface area contributed by atoms with E-state index in [0.717, 1.165) is 23.0 Å². The maximum atomic E-state index is 5.86. The van der Waals surface area contributed by atoms with E-state index < -0.39 is 0 Å². The van der Waals surface area contributed by atoms with Gasteiger partial charge in [0.05, 0.1) is 12.6 Å². The molecule has 0 fully saturated rings. The summed E-state index contributed by atoms with van der Waals surface area (Å²) in [6.45, 7) is 6.53. The number of hydrogen-bond donors (Lipinski definition) is 2. The molecular weight excluding hydrogens is 240 g/mol. The van der Waals surface area contributed by atoms with Gasteiger partial charge >= 0.3 is 0 Å². The highest BCUT2D eigenvalue weighted by Gasteiger charge is 2.03. The summed E-state index contributed by atoms with van der Waals surface area (Å²) in [5.41, 5.74) is 7.46. The standard InChI is InChI=1S/C15H20N2O2/c1-10(2)18-15-7-12(16)6-13(8-15)17-9-14-5-4-11(3)19-14/h4-8,10,17H,9,16H2,1-3H3. The van der Waals surface area contributed by atoms with Crippen molar-refractivity contribution in [2.45, 2.75) is 33.4 Å². The average Bonchev–Trinajstić information content (AvgIpc) is 2.71. The maximum absolute atomic E-state index is 5.86. The summed E-state index contributed by atoms with van der Waals surface area (Å²) in [4.78, 5) is 0. The van der Waals surface area contributed by atoms with E-state index in [1.807, 2.05) is 51.1 Å². The van der Waals surface area contributed by atoms with Gasteiger partial charge in [0.15, 0.2) is 0 Å². The van der Waals surface area contributed by atoms with Gasteiger partial charge in [0, 0.05) is 23.5 Å². The summed E-state index contributed by atoms with van der Waals surface area (Å²) >= 11 is 0. The molecule has 0 aliphatic rings. The zero-order valence-corrected chi connectivity index (χ0v) is 11.6. The van der Waals surface area contributed by atoms with Crippen LogP contribution in [0.5, 0.6) is 5.75 Å². The van der Waals surface area contributed by atoms with Crippen LogP contribution in [0, 0.1) is 6.92 Å². The molecule has 1 aromatic heterocycles. The lowest BCUT2D eigenvalue weighted by Gasteiger charge is -2.13. The fourth-order valence-electron chi connectivity index (χ4n) is 1.83. The van der Waals surface area contributed by atoms with Gasteiger partial charge in [-0.05, 0) is 39.0 Å². The molecule has 0 saturated carbocycles. The third kappa shape index (κ3) is 3.95. The van der Waals surface area contributed by atoms with E-state index in [-0.39, 0.29) is 6.10 Å². The lowest BCUT2D eigenvalue weighted by molar-refractivity contribution is 0.242. The molecule has 0 radical (unpaired) electrons. The van der Waals surface area contributed by atoms with Gasteiger partial charge in [0.2, 0.25) is 0 Å². The van der Waals surface area contributed by atoms with Gasteiger partial charge in [-0.25, -0.2) is 0 Å². The normalized spacial score (nSPS) is 10.7. The number of benzene rings is 1. The first kappa shape index (κ1) is 13.3. The molecule has 2 rings (SSSR count). The summed E-state index contributed by atoms with van der Waals surface area (Å²) in [5.74, 6) is 2.58. The van der Waals surface area contributed by atoms with Gasteiger partial charge < -0.3 is 20.2 Å². The van der Waals surface area contributed by atoms with E-state index in [1.165, 1.54) is 0 Å². The Morgan fingerprint density at radius 1 is 1.26 bits per heavy atom. The van der Waals surface area contributed by atoms with E-state index in [1.54, 1.807) is 0 Å². The number of furan rings is 1. The summed E-state index contributed by atoms with van der Waals surface area (Å²) in [6, 6.07) is 9.54. The van der Waals surface area contributed by atoms with Crippen molar-refractivity contribution in [3.8, 4) is 5.75 Å². The van der Waals surface area contributed by atoms with Crippen LogP contribution in [0.4, 0.5) is 11.4 Å². The fourth-order valence-corrected chi connectivity index (χ4v) is 1.83. The van der Waals surface area contributed by atoms with Crippen molar-refractivity contribution in [3.05, 3.63) is 41.9 Å². The lowest BCUT2D eigenvalue weighted by atomic mass is 10.2. The van der Waals surface area contributed by atoms with Crippen LogP contribution >= 0.6 is 0 Å². The Morgan fingerprint density at radius 2 is 2.05 bits per heavy atom. The van der Waals surface area contributed by atoms with Gasteiger partial charge in [-0.2, -0.15) is 0 Å². The number of nitrogens with one attached hydrogen (secondary N) is 1. The quantitative estimate of drug-likeness (QED) is 0.807. The van der Waals surface area contributed by atoms with E-state index in [0.29, 0.717) is 12.2 Å². The molecule has 4 nitrogen and oxygen atoms in total. The Hall–Kier alpha value is -2.10. The molecule has 0 aliphatic carbocycles. The van der Waals surface area contributed by atoms with Crippen LogP contribution in [0.15, 0.2) is 34.7 Å². The minimum Gasteiger partial charge on any atom is -0.491 e. The summed E-state index contributed by atoms with van der Waals surface area (Å²) in [5, 5.41) is 3.27. The highest BCUT2D eigenvalue weighted by molar-refractivity contribution is 5.59. The molecule has 0 atom stereocenters. The van der Waals surface area contributed by atoms with Gasteiger partial charge in [0.25, 0.3) is 0 Å². The molecule has 0 amide bonds. The van der Waals surface area contributed by atoms with Crippen LogP contribution in [-0.4, -0.2) is 6.10 Å². The Morgan fingerprint density at radius 3 is 2.68 bits per heavy atom. The lowest BCUT2D eigenvalue weighted by Crippen LogP contribution is -2.07. The zero-order chi connectivity index (χ0) is 13.8. The third-order valence-electron chi connectivity index (χ3n) is 2.56. The van der Waals surface area contributed by atoms with Gasteiger partial charge in [0.1, 0.15) is 17.3 Å². The maximum Gasteiger partial charge on any atom is 0.123 e. The Balaban J connectivity index is 2.05. The second-order valence-electron chi connectivity index (χ2n) is 4.82. The summed E-state index contributed by atoms with van der Waals surface area (Å²) in [7, 11) is 0. The van der Waals surface area contributed by atoms with Gasteiger partial charge in [-0.15, -0.1) is 0 Å². The summed E-state index contributed by atoms with van der Waals surface area (Å²) < 4.78 is 11.2. The fraction of sp³-hybridized carbons (Fsp3) is 0.333. The Kier molecular flexibility index (Phi) is 4.00. The predicted octanol–water partition coefficient (Wildman–Crippen LogP) is 3.57. The summed E-state index contributed by atoms with van der Waals surface area (Å²) in [6.07, 6.45) is 0.127. The predicted molar refractivity (Wildman–Crippen MR) is 77.4 cm³/mol. The molecule has 19 heavy (non-hydrogen) atoms. The average molecular weight is 260 g/mol. The van der Waals surface area contributed by atoms with E-state index >= 15 is 0 Å². The number of nitrogen functional groups attached to an aromatic ring is 1. The van der Waals surface area contributed by atoms with Crippen LogP contribution in [0.25, 0.3) is 0 Å². The molecule has 102 valence electrons. The van der Waals surface area contributed by atoms with Crippen molar-refractivity contribution in [2.75, 3.05) is 11.1 Å². The van der Waals surface area contributed by atoms with Crippen molar-refractivity contribution in [3.63, 3.8) is 0 Å². The van der Waals surface area contributed by atoms with Crippen LogP contribution in [-0.2, 0) is 6.54 Å². The number of aryl methyl sites for hydroxylation is 1. The number of hydrogen-bond acceptors (Lipinski definition) is 4. The molecule has 0 bridgehead atoms. The topological polar surface area (TPSA) is 60.4 Å². The van der Waals surface area contributed by atoms with Crippen LogP contribution in [0.3, 0.4) is 0 Å². The van der Waals surface area contributed by atoms with E-state index in [9.17, 15) is 0 Å². The number of anilines is 2. The first-order valence-electron chi connectivity index (χ1n) is 6.39. The minimum atomic E-state index is 0.127. The Labute approximate surface area is 113 Å². The number of rotatable bonds is 5. The first-order valence-corrected chi connectivity index (χ1v) is 6.39. The SMILES string of the molecule is Cc1ccc(CNc2cc(N)cc(OC(C)C)c2)o1. The molecule has 0 unspecified atom stereocenters. The van der Waals surface area contributed by atoms with Gasteiger partial charge in [-0.1, -0.05) is 0 Å². The Bertz CT molecular complexity index is 547. The molecule has 0 saturated heterocycles. The van der Waals surface area contributed by atoms with Crippen LogP contribution in [0.2, 0.25) is 0 Å². The minimum absolute atomic E-state index is 0.127.